The maximum Gasteiger partial charge on any atom is 0.313 e. The van der Waals surface area contributed by atoms with Gasteiger partial charge in [-0.3, -0.25) is 14.0 Å². The molecule has 2 aromatic rings. The molecule has 0 saturated carbocycles. The van der Waals surface area contributed by atoms with Gasteiger partial charge in [-0.05, 0) is 13.3 Å². The van der Waals surface area contributed by atoms with Gasteiger partial charge in [-0.15, -0.1) is 0 Å². The molecular formula is C12H16N4O2S. The van der Waals surface area contributed by atoms with Crippen molar-refractivity contribution in [3.05, 3.63) is 23.8 Å². The molecule has 6 nitrogen and oxygen atoms in total. The van der Waals surface area contributed by atoms with Gasteiger partial charge in [0.05, 0.1) is 17.1 Å². The summed E-state index contributed by atoms with van der Waals surface area (Å²) in [6, 6.07) is 0. The van der Waals surface area contributed by atoms with Crippen molar-refractivity contribution in [3.63, 3.8) is 0 Å². The molecule has 0 radical (unpaired) electrons. The average molecular weight is 280 g/mol. The smallest absolute Gasteiger partial charge is 0.313 e. The van der Waals surface area contributed by atoms with Crippen LogP contribution in [0.4, 0.5) is 0 Å². The van der Waals surface area contributed by atoms with Crippen LogP contribution in [-0.2, 0) is 18.3 Å². The summed E-state index contributed by atoms with van der Waals surface area (Å²) < 4.78 is 3.73. The highest BCUT2D eigenvalue weighted by molar-refractivity contribution is 7.99. The van der Waals surface area contributed by atoms with Gasteiger partial charge in [0.2, 0.25) is 0 Å². The lowest BCUT2D eigenvalue weighted by Gasteiger charge is -2.08. The predicted molar refractivity (Wildman–Crippen MR) is 72.8 cm³/mol. The summed E-state index contributed by atoms with van der Waals surface area (Å²) in [5.74, 6) is -0.847. The Balaban J connectivity index is 2.44. The van der Waals surface area contributed by atoms with Gasteiger partial charge in [-0.2, -0.15) is 5.10 Å². The summed E-state index contributed by atoms with van der Waals surface area (Å²) in [5.41, 5.74) is 2.89. The molecule has 0 spiro atoms. The van der Waals surface area contributed by atoms with Crippen molar-refractivity contribution in [2.24, 2.45) is 7.05 Å². The Morgan fingerprint density at radius 1 is 1.53 bits per heavy atom. The van der Waals surface area contributed by atoms with Crippen LogP contribution in [0, 0.1) is 6.92 Å². The third-order valence-electron chi connectivity index (χ3n) is 2.72. The molecule has 0 aliphatic rings. The number of aliphatic carboxylic acids is 1. The fourth-order valence-corrected chi connectivity index (χ4v) is 2.63. The second-order valence-electron chi connectivity index (χ2n) is 4.18. The SMILES string of the molecule is CCc1cnc(SCC(=O)O)n1-c1cn(C)nc1C. The average Bonchev–Trinajstić information content (AvgIpc) is 2.89. The summed E-state index contributed by atoms with van der Waals surface area (Å²) in [4.78, 5) is 15.0. The van der Waals surface area contributed by atoms with E-state index in [0.717, 1.165) is 23.5 Å². The van der Waals surface area contributed by atoms with Crippen LogP contribution in [0.1, 0.15) is 18.3 Å². The maximum atomic E-state index is 10.7. The van der Waals surface area contributed by atoms with Crippen molar-refractivity contribution in [3.8, 4) is 5.69 Å². The maximum absolute atomic E-state index is 10.7. The molecular weight excluding hydrogens is 264 g/mol. The van der Waals surface area contributed by atoms with Crippen molar-refractivity contribution >= 4 is 17.7 Å². The van der Waals surface area contributed by atoms with Crippen LogP contribution in [0.3, 0.4) is 0 Å². The van der Waals surface area contributed by atoms with Crippen molar-refractivity contribution in [2.75, 3.05) is 5.75 Å². The number of imidazole rings is 1. The van der Waals surface area contributed by atoms with Gasteiger partial charge in [0.15, 0.2) is 5.16 Å². The minimum atomic E-state index is -0.847. The number of carboxylic acids is 1. The summed E-state index contributed by atoms with van der Waals surface area (Å²) >= 11 is 1.22. The van der Waals surface area contributed by atoms with Gasteiger partial charge in [-0.25, -0.2) is 4.98 Å². The number of hydrogen-bond acceptors (Lipinski definition) is 4. The third-order valence-corrected chi connectivity index (χ3v) is 3.66. The van der Waals surface area contributed by atoms with Gasteiger partial charge in [0.25, 0.3) is 0 Å². The number of carbonyl (C=O) groups is 1. The van der Waals surface area contributed by atoms with Crippen LogP contribution in [0.2, 0.25) is 0 Å². The van der Waals surface area contributed by atoms with E-state index in [0.29, 0.717) is 5.16 Å². The lowest BCUT2D eigenvalue weighted by molar-refractivity contribution is -0.133. The number of nitrogens with zero attached hydrogens (tertiary/aromatic N) is 4. The second kappa shape index (κ2) is 5.48. The highest BCUT2D eigenvalue weighted by Gasteiger charge is 2.16. The first-order valence-electron chi connectivity index (χ1n) is 5.94. The monoisotopic (exact) mass is 280 g/mol. The molecule has 2 rings (SSSR count). The molecule has 7 heteroatoms. The van der Waals surface area contributed by atoms with Crippen LogP contribution in [-0.4, -0.2) is 36.2 Å². The van der Waals surface area contributed by atoms with E-state index < -0.39 is 5.97 Å². The summed E-state index contributed by atoms with van der Waals surface area (Å²) in [7, 11) is 1.86. The van der Waals surface area contributed by atoms with Gasteiger partial charge in [-0.1, -0.05) is 18.7 Å². The molecule has 0 saturated heterocycles. The lowest BCUT2D eigenvalue weighted by atomic mass is 10.3. The fraction of sp³-hybridized carbons (Fsp3) is 0.417. The first kappa shape index (κ1) is 13.7. The zero-order chi connectivity index (χ0) is 14.0. The first-order valence-corrected chi connectivity index (χ1v) is 6.93. The van der Waals surface area contributed by atoms with Crippen molar-refractivity contribution in [2.45, 2.75) is 25.4 Å². The second-order valence-corrected chi connectivity index (χ2v) is 5.12. The normalized spacial score (nSPS) is 10.9. The number of carboxylic acid groups (broad SMARTS) is 1. The molecule has 0 bridgehead atoms. The largest absolute Gasteiger partial charge is 0.481 e. The molecule has 0 amide bonds. The molecule has 102 valence electrons. The molecule has 19 heavy (non-hydrogen) atoms. The topological polar surface area (TPSA) is 72.9 Å². The number of hydrogen-bond donors (Lipinski definition) is 1. The third kappa shape index (κ3) is 2.81. The summed E-state index contributed by atoms with van der Waals surface area (Å²) in [5, 5.41) is 13.8. The van der Waals surface area contributed by atoms with E-state index in [1.54, 1.807) is 10.9 Å². The molecule has 2 heterocycles. The summed E-state index contributed by atoms with van der Waals surface area (Å²) in [6.45, 7) is 3.98. The molecule has 0 aliphatic carbocycles. The van der Waals surface area contributed by atoms with E-state index in [1.165, 1.54) is 11.8 Å². The minimum Gasteiger partial charge on any atom is -0.481 e. The Morgan fingerprint density at radius 2 is 2.26 bits per heavy atom. The van der Waals surface area contributed by atoms with Crippen LogP contribution >= 0.6 is 11.8 Å². The van der Waals surface area contributed by atoms with Crippen molar-refractivity contribution < 1.29 is 9.90 Å². The van der Waals surface area contributed by atoms with E-state index in [2.05, 4.69) is 10.1 Å². The van der Waals surface area contributed by atoms with E-state index in [9.17, 15) is 4.79 Å². The van der Waals surface area contributed by atoms with E-state index in [-0.39, 0.29) is 5.75 Å². The van der Waals surface area contributed by atoms with E-state index in [4.69, 9.17) is 5.11 Å². The van der Waals surface area contributed by atoms with Gasteiger partial charge < -0.3 is 5.11 Å². The van der Waals surface area contributed by atoms with Crippen LogP contribution < -0.4 is 0 Å². The number of aromatic nitrogens is 4. The Labute approximate surface area is 115 Å². The minimum absolute atomic E-state index is 0.000518. The Morgan fingerprint density at radius 3 is 2.79 bits per heavy atom. The zero-order valence-electron chi connectivity index (χ0n) is 11.1. The van der Waals surface area contributed by atoms with Crippen LogP contribution in [0.5, 0.6) is 0 Å². The molecule has 1 N–H and O–H groups in total. The molecule has 2 aromatic heterocycles. The van der Waals surface area contributed by atoms with E-state index in [1.807, 2.05) is 31.7 Å². The number of aryl methyl sites for hydroxylation is 3. The van der Waals surface area contributed by atoms with Crippen LogP contribution in [0.15, 0.2) is 17.6 Å². The molecule has 0 aromatic carbocycles. The van der Waals surface area contributed by atoms with Crippen molar-refractivity contribution in [1.29, 1.82) is 0 Å². The Hall–Kier alpha value is -1.76. The van der Waals surface area contributed by atoms with Crippen molar-refractivity contribution in [1.82, 2.24) is 19.3 Å². The van der Waals surface area contributed by atoms with Crippen LogP contribution in [0.25, 0.3) is 5.69 Å². The predicted octanol–water partition coefficient (Wildman–Crippen LogP) is 1.65. The molecule has 0 atom stereocenters. The first-order chi connectivity index (χ1) is 9.02. The highest BCUT2D eigenvalue weighted by atomic mass is 32.2. The Bertz CT molecular complexity index is 603. The summed E-state index contributed by atoms with van der Waals surface area (Å²) in [6.07, 6.45) is 4.53. The van der Waals surface area contributed by atoms with E-state index >= 15 is 0 Å². The molecule has 0 fully saturated rings. The number of thioether (sulfide) groups is 1. The molecule has 0 aliphatic heterocycles. The van der Waals surface area contributed by atoms with Gasteiger partial charge in [0.1, 0.15) is 0 Å². The highest BCUT2D eigenvalue weighted by Crippen LogP contribution is 2.25. The van der Waals surface area contributed by atoms with Gasteiger partial charge in [0, 0.05) is 25.1 Å². The fourth-order valence-electron chi connectivity index (χ4n) is 1.91. The number of rotatable bonds is 5. The Kier molecular flexibility index (Phi) is 3.94. The quantitative estimate of drug-likeness (QED) is 0.843. The standard InChI is InChI=1S/C12H16N4O2S/c1-4-9-5-13-12(19-7-11(17)18)16(9)10-6-15(3)14-8(10)2/h5-6H,4,7H2,1-3H3,(H,17,18). The molecule has 0 unspecified atom stereocenters. The van der Waals surface area contributed by atoms with Gasteiger partial charge >= 0.3 is 5.97 Å². The zero-order valence-corrected chi connectivity index (χ0v) is 11.9. The lowest BCUT2D eigenvalue weighted by Crippen LogP contribution is -2.04.